The van der Waals surface area contributed by atoms with Crippen LogP contribution in [0.2, 0.25) is 0 Å². The predicted octanol–water partition coefficient (Wildman–Crippen LogP) is 3.79. The lowest BCUT2D eigenvalue weighted by atomic mass is 9.92. The van der Waals surface area contributed by atoms with Crippen molar-refractivity contribution in [2.45, 2.75) is 25.9 Å². The minimum absolute atomic E-state index is 0.00187. The van der Waals surface area contributed by atoms with Crippen LogP contribution in [-0.4, -0.2) is 52.5 Å². The molecule has 0 spiro atoms. The molecule has 5 rings (SSSR count). The molecule has 3 unspecified atom stereocenters. The van der Waals surface area contributed by atoms with Gasteiger partial charge in [0.2, 0.25) is 0 Å². The van der Waals surface area contributed by atoms with Gasteiger partial charge in [-0.25, -0.2) is 13.8 Å². The van der Waals surface area contributed by atoms with Crippen molar-refractivity contribution in [1.82, 2.24) is 19.8 Å². The van der Waals surface area contributed by atoms with Gasteiger partial charge in [0.05, 0.1) is 35.4 Å². The van der Waals surface area contributed by atoms with Crippen molar-refractivity contribution in [2.75, 3.05) is 26.2 Å². The van der Waals surface area contributed by atoms with Crippen LogP contribution in [-0.2, 0) is 7.05 Å². The summed E-state index contributed by atoms with van der Waals surface area (Å²) in [6.07, 6.45) is 4.71. The zero-order valence-corrected chi connectivity index (χ0v) is 21.1. The van der Waals surface area contributed by atoms with E-state index in [1.807, 2.05) is 6.92 Å². The summed E-state index contributed by atoms with van der Waals surface area (Å²) in [6, 6.07) is 10.5. The van der Waals surface area contributed by atoms with Crippen molar-refractivity contribution >= 4 is 22.3 Å². The van der Waals surface area contributed by atoms with Crippen LogP contribution in [0.25, 0.3) is 16.6 Å². The summed E-state index contributed by atoms with van der Waals surface area (Å²) < 4.78 is 32.1. The van der Waals surface area contributed by atoms with Crippen LogP contribution >= 0.6 is 0 Å². The number of benzene rings is 2. The molecule has 192 valence electrons. The summed E-state index contributed by atoms with van der Waals surface area (Å²) in [5, 5.41) is 12.8. The average molecular weight is 504 g/mol. The van der Waals surface area contributed by atoms with E-state index >= 15 is 8.78 Å². The van der Waals surface area contributed by atoms with E-state index in [2.05, 4.69) is 21.3 Å². The molecule has 2 fully saturated rings. The van der Waals surface area contributed by atoms with Gasteiger partial charge in [0.1, 0.15) is 5.52 Å². The van der Waals surface area contributed by atoms with Crippen molar-refractivity contribution in [2.24, 2.45) is 29.6 Å². The fourth-order valence-electron chi connectivity index (χ4n) is 5.62. The highest BCUT2D eigenvalue weighted by Crippen LogP contribution is 2.31. The van der Waals surface area contributed by atoms with Gasteiger partial charge in [-0.1, -0.05) is 12.1 Å². The highest BCUT2D eigenvalue weighted by molar-refractivity contribution is 6.32. The molecule has 3 aromatic rings. The van der Waals surface area contributed by atoms with E-state index in [-0.39, 0.29) is 22.8 Å². The van der Waals surface area contributed by atoms with E-state index in [1.165, 1.54) is 23.2 Å². The van der Waals surface area contributed by atoms with E-state index in [9.17, 15) is 5.26 Å². The van der Waals surface area contributed by atoms with Gasteiger partial charge in [0, 0.05) is 43.0 Å². The molecule has 2 aliphatic heterocycles. The number of nitrogens with two attached hydrogens (primary N) is 1. The number of fused-ring (bicyclic) bond motifs is 2. The fourth-order valence-corrected chi connectivity index (χ4v) is 5.62. The molecule has 9 heteroatoms. The maximum Gasteiger partial charge on any atom is 0.185 e. The van der Waals surface area contributed by atoms with Gasteiger partial charge >= 0.3 is 0 Å². The summed E-state index contributed by atoms with van der Waals surface area (Å²) in [5.41, 5.74) is 8.37. The summed E-state index contributed by atoms with van der Waals surface area (Å²) in [4.78, 5) is 11.6. The van der Waals surface area contributed by atoms with Gasteiger partial charge in [-0.2, -0.15) is 5.26 Å². The lowest BCUT2D eigenvalue weighted by Crippen LogP contribution is -2.34. The van der Waals surface area contributed by atoms with E-state index in [0.29, 0.717) is 34.2 Å². The number of allylic oxidation sites excluding steroid dienone is 1. The van der Waals surface area contributed by atoms with E-state index in [1.54, 1.807) is 31.3 Å². The molecule has 3 atom stereocenters. The third kappa shape index (κ3) is 4.75. The smallest absolute Gasteiger partial charge is 0.185 e. The second-order valence-corrected chi connectivity index (χ2v) is 9.95. The van der Waals surface area contributed by atoms with Crippen LogP contribution in [0.5, 0.6) is 0 Å². The Morgan fingerprint density at radius 2 is 1.86 bits per heavy atom. The number of hydrogen-bond acceptors (Lipinski definition) is 6. The highest BCUT2D eigenvalue weighted by atomic mass is 19.2. The zero-order valence-electron chi connectivity index (χ0n) is 21.1. The van der Waals surface area contributed by atoms with Crippen LogP contribution < -0.4 is 11.1 Å². The first-order chi connectivity index (χ1) is 17.9. The van der Waals surface area contributed by atoms with E-state index in [4.69, 9.17) is 10.7 Å². The number of hydrogen-bond donors (Lipinski definition) is 2. The highest BCUT2D eigenvalue weighted by Gasteiger charge is 2.31. The van der Waals surface area contributed by atoms with Crippen molar-refractivity contribution in [3.8, 4) is 6.07 Å². The van der Waals surface area contributed by atoms with Crippen LogP contribution in [0.15, 0.2) is 47.9 Å². The van der Waals surface area contributed by atoms with Crippen LogP contribution in [0, 0.1) is 34.8 Å². The minimum Gasteiger partial charge on any atom is -0.404 e. The summed E-state index contributed by atoms with van der Waals surface area (Å²) in [6.45, 7) is 5.98. The molecule has 0 saturated carbocycles. The maximum absolute atomic E-state index is 15.5. The molecule has 0 radical (unpaired) electrons. The molecule has 3 N–H and O–H groups in total. The van der Waals surface area contributed by atoms with E-state index < -0.39 is 11.6 Å². The van der Waals surface area contributed by atoms with Gasteiger partial charge in [0.15, 0.2) is 11.6 Å². The summed E-state index contributed by atoms with van der Waals surface area (Å²) in [7, 11) is 1.62. The van der Waals surface area contributed by atoms with Gasteiger partial charge in [-0.3, -0.25) is 9.89 Å². The second kappa shape index (κ2) is 10.4. The van der Waals surface area contributed by atoms with Crippen LogP contribution in [0.4, 0.5) is 8.78 Å². The molecule has 37 heavy (non-hydrogen) atoms. The lowest BCUT2D eigenvalue weighted by Gasteiger charge is -2.26. The Morgan fingerprint density at radius 1 is 1.19 bits per heavy atom. The number of nitrogens with zero attached hydrogens (tertiary/aromatic N) is 5. The Morgan fingerprint density at radius 3 is 2.49 bits per heavy atom. The Hall–Kier alpha value is -3.61. The largest absolute Gasteiger partial charge is 0.404 e. The van der Waals surface area contributed by atoms with E-state index in [0.717, 1.165) is 39.0 Å². The molecule has 1 aromatic heterocycles. The van der Waals surface area contributed by atoms with Crippen molar-refractivity contribution in [1.29, 1.82) is 5.26 Å². The third-order valence-corrected chi connectivity index (χ3v) is 7.78. The monoisotopic (exact) mass is 503 g/mol. The SMILES string of the molecule is CC(N=C(/C(=C\N)c1cc2ncn(C)c2c(F)c1F)c1ccc(C#N)cc1)N1CCC2CNCC2CC1. The van der Waals surface area contributed by atoms with Crippen molar-refractivity contribution < 1.29 is 8.78 Å². The fraction of sp³-hybridized carbons (Fsp3) is 0.393. The van der Waals surface area contributed by atoms with Gasteiger partial charge in [0.25, 0.3) is 0 Å². The Balaban J connectivity index is 1.57. The molecule has 2 aromatic carbocycles. The minimum atomic E-state index is -1.00. The first kappa shape index (κ1) is 25.1. The third-order valence-electron chi connectivity index (χ3n) is 7.78. The van der Waals surface area contributed by atoms with Gasteiger partial charge < -0.3 is 15.6 Å². The van der Waals surface area contributed by atoms with Gasteiger partial charge in [-0.15, -0.1) is 0 Å². The van der Waals surface area contributed by atoms with Crippen molar-refractivity contribution in [3.05, 3.63) is 71.2 Å². The molecule has 0 aliphatic carbocycles. The summed E-state index contributed by atoms with van der Waals surface area (Å²) in [5.74, 6) is -0.620. The quantitative estimate of drug-likeness (QED) is 0.517. The number of likely N-dealkylation sites (tertiary alicyclic amines) is 1. The lowest BCUT2D eigenvalue weighted by molar-refractivity contribution is 0.218. The molecular weight excluding hydrogens is 472 g/mol. The maximum atomic E-state index is 15.5. The molecule has 7 nitrogen and oxygen atoms in total. The molecule has 2 aliphatic rings. The first-order valence-corrected chi connectivity index (χ1v) is 12.7. The van der Waals surface area contributed by atoms with Crippen LogP contribution in [0.3, 0.4) is 0 Å². The first-order valence-electron chi connectivity index (χ1n) is 12.7. The van der Waals surface area contributed by atoms with Crippen molar-refractivity contribution in [3.63, 3.8) is 0 Å². The number of aromatic nitrogens is 2. The predicted molar refractivity (Wildman–Crippen MR) is 141 cm³/mol. The number of nitriles is 1. The molecule has 2 saturated heterocycles. The Labute approximate surface area is 215 Å². The zero-order chi connectivity index (χ0) is 26.1. The average Bonchev–Trinajstić information content (AvgIpc) is 3.46. The number of imidazole rings is 1. The molecular formula is C28H31F2N7. The topological polar surface area (TPSA) is 95.3 Å². The number of nitrogens with one attached hydrogen (secondary N) is 1. The van der Waals surface area contributed by atoms with Crippen LogP contribution in [0.1, 0.15) is 36.5 Å². The second-order valence-electron chi connectivity index (χ2n) is 9.95. The summed E-state index contributed by atoms with van der Waals surface area (Å²) >= 11 is 0. The molecule has 0 bridgehead atoms. The Bertz CT molecular complexity index is 1390. The van der Waals surface area contributed by atoms with Gasteiger partial charge in [-0.05, 0) is 62.9 Å². The standard InChI is InChI=1S/C28H31F2N7/c1-17(37-9-7-20-14-33-15-21(20)8-10-37)35-27(19-5-3-18(12-31)4-6-19)23(13-32)22-11-24-28(26(30)25(22)29)36(2)16-34-24/h3-6,11,13,16-17,20-21,33H,7-10,14-15,32H2,1-2H3/b23-13-,35-27?. The number of aryl methyl sites for hydroxylation is 1. The molecule has 3 heterocycles. The number of halogens is 2. The normalized spacial score (nSPS) is 22.0. The molecule has 0 amide bonds. The Kier molecular flexibility index (Phi) is 7.04. The number of rotatable bonds is 5. The number of aliphatic imine (C=N–C) groups is 1.